The van der Waals surface area contributed by atoms with Crippen molar-refractivity contribution in [3.8, 4) is 5.75 Å². The van der Waals surface area contributed by atoms with Gasteiger partial charge in [-0.05, 0) is 51.1 Å². The van der Waals surface area contributed by atoms with Crippen LogP contribution in [-0.4, -0.2) is 28.4 Å². The molecule has 1 saturated heterocycles. The molecular weight excluding hydrogens is 378 g/mol. The lowest BCUT2D eigenvalue weighted by molar-refractivity contribution is -0.130. The highest BCUT2D eigenvalue weighted by atomic mass is 16.5. The molecule has 30 heavy (non-hydrogen) atoms. The first kappa shape index (κ1) is 20.0. The number of nitrogens with one attached hydrogen (secondary N) is 3. The number of ether oxygens (including phenoxy) is 1. The molecule has 1 aromatic carbocycles. The third-order valence-electron chi connectivity index (χ3n) is 5.73. The second kappa shape index (κ2) is 6.62. The lowest BCUT2D eigenvalue weighted by Crippen LogP contribution is -2.53. The Morgan fingerprint density at radius 1 is 1.23 bits per heavy atom. The van der Waals surface area contributed by atoms with Gasteiger partial charge in [0.15, 0.2) is 0 Å². The van der Waals surface area contributed by atoms with E-state index in [0.29, 0.717) is 0 Å². The largest absolute Gasteiger partial charge is 0.483 e. The summed E-state index contributed by atoms with van der Waals surface area (Å²) in [7, 11) is 0. The van der Waals surface area contributed by atoms with Gasteiger partial charge in [-0.15, -0.1) is 6.58 Å². The fourth-order valence-electron chi connectivity index (χ4n) is 3.79. The predicted octanol–water partition coefficient (Wildman–Crippen LogP) is 3.79. The van der Waals surface area contributed by atoms with Crippen molar-refractivity contribution >= 4 is 34.9 Å². The molecule has 0 aliphatic carbocycles. The number of hydrogen-bond donors (Lipinski definition) is 3. The van der Waals surface area contributed by atoms with Crippen LogP contribution in [0.3, 0.4) is 0 Å². The summed E-state index contributed by atoms with van der Waals surface area (Å²) in [6.07, 6.45) is 7.70. The summed E-state index contributed by atoms with van der Waals surface area (Å²) in [5.41, 5.74) is 3.10. The zero-order valence-electron chi connectivity index (χ0n) is 18.0. The van der Waals surface area contributed by atoms with Crippen LogP contribution >= 0.6 is 0 Å². The van der Waals surface area contributed by atoms with E-state index in [-0.39, 0.29) is 28.5 Å². The van der Waals surface area contributed by atoms with Gasteiger partial charge in [-0.2, -0.15) is 0 Å². The highest BCUT2D eigenvalue weighted by molar-refractivity contribution is 6.09. The lowest BCUT2D eigenvalue weighted by atomic mass is 9.86. The van der Waals surface area contributed by atoms with Crippen molar-refractivity contribution in [2.45, 2.75) is 51.7 Å². The number of allylic oxidation sites excluding steroid dienone is 1. The van der Waals surface area contributed by atoms with Crippen LogP contribution < -0.4 is 15.4 Å². The first-order valence-electron chi connectivity index (χ1n) is 10.1. The first-order chi connectivity index (χ1) is 14.0. The maximum Gasteiger partial charge on any atom is 0.268 e. The standard InChI is InChI=1S/C24H27N3O3/c1-7-23(3,4)20-16(12-17-22(29)25-13(2)21(28)26-17)14-8-9-18-15(19(14)27-20)10-11-24(5,6)30-18/h7-13,27H,1H2,2-6H3,(H,25,29)(H,26,28)/t13-/m0/s1. The second-order valence-electron chi connectivity index (χ2n) is 9.02. The summed E-state index contributed by atoms with van der Waals surface area (Å²) in [5, 5.41) is 6.35. The van der Waals surface area contributed by atoms with E-state index in [0.717, 1.165) is 33.5 Å². The molecule has 4 rings (SSSR count). The zero-order chi connectivity index (χ0) is 21.8. The molecule has 3 heterocycles. The Bertz CT molecular complexity index is 1150. The van der Waals surface area contributed by atoms with Crippen LogP contribution in [0.4, 0.5) is 0 Å². The second-order valence-corrected chi connectivity index (χ2v) is 9.02. The number of aromatic amines is 1. The molecule has 0 spiro atoms. The summed E-state index contributed by atoms with van der Waals surface area (Å²) < 4.78 is 6.12. The number of piperazine rings is 1. The molecule has 6 nitrogen and oxygen atoms in total. The Balaban J connectivity index is 1.95. The van der Waals surface area contributed by atoms with Gasteiger partial charge in [-0.1, -0.05) is 19.9 Å². The van der Waals surface area contributed by atoms with Gasteiger partial charge < -0.3 is 20.4 Å². The molecule has 0 unspecified atom stereocenters. The van der Waals surface area contributed by atoms with Crippen molar-refractivity contribution < 1.29 is 14.3 Å². The monoisotopic (exact) mass is 405 g/mol. The van der Waals surface area contributed by atoms with Gasteiger partial charge in [0.1, 0.15) is 23.1 Å². The molecule has 156 valence electrons. The van der Waals surface area contributed by atoms with Gasteiger partial charge in [-0.25, -0.2) is 0 Å². The highest BCUT2D eigenvalue weighted by Crippen LogP contribution is 2.41. The van der Waals surface area contributed by atoms with Crippen LogP contribution in [0.25, 0.3) is 23.1 Å². The van der Waals surface area contributed by atoms with Crippen molar-refractivity contribution in [1.29, 1.82) is 0 Å². The molecule has 2 aromatic rings. The summed E-state index contributed by atoms with van der Waals surface area (Å²) in [5.74, 6) is 0.263. The van der Waals surface area contributed by atoms with Gasteiger partial charge >= 0.3 is 0 Å². The number of fused-ring (bicyclic) bond motifs is 3. The van der Waals surface area contributed by atoms with Gasteiger partial charge in [0, 0.05) is 27.6 Å². The highest BCUT2D eigenvalue weighted by Gasteiger charge is 2.30. The Kier molecular flexibility index (Phi) is 4.42. The quantitative estimate of drug-likeness (QED) is 0.537. The Morgan fingerprint density at radius 2 is 1.97 bits per heavy atom. The van der Waals surface area contributed by atoms with E-state index in [1.54, 1.807) is 13.0 Å². The average Bonchev–Trinajstić information content (AvgIpc) is 3.04. The fourth-order valence-corrected chi connectivity index (χ4v) is 3.79. The third-order valence-corrected chi connectivity index (χ3v) is 5.73. The molecule has 2 aliphatic rings. The van der Waals surface area contributed by atoms with Crippen molar-refractivity contribution in [2.24, 2.45) is 0 Å². The van der Waals surface area contributed by atoms with Crippen LogP contribution in [0.15, 0.2) is 36.6 Å². The van der Waals surface area contributed by atoms with Crippen molar-refractivity contribution in [1.82, 2.24) is 15.6 Å². The van der Waals surface area contributed by atoms with Crippen LogP contribution in [0.5, 0.6) is 5.75 Å². The van der Waals surface area contributed by atoms with E-state index in [9.17, 15) is 9.59 Å². The number of carbonyl (C=O) groups is 2. The number of aromatic nitrogens is 1. The van der Waals surface area contributed by atoms with Crippen molar-refractivity contribution in [3.63, 3.8) is 0 Å². The molecule has 6 heteroatoms. The van der Waals surface area contributed by atoms with Gasteiger partial charge in [0.25, 0.3) is 5.91 Å². The number of benzene rings is 1. The van der Waals surface area contributed by atoms with Gasteiger partial charge in [0.05, 0.1) is 5.52 Å². The molecule has 0 bridgehead atoms. The molecule has 2 aliphatic heterocycles. The molecule has 1 fully saturated rings. The summed E-state index contributed by atoms with van der Waals surface area (Å²) in [6.45, 7) is 13.8. The van der Waals surface area contributed by atoms with Crippen molar-refractivity contribution in [3.05, 3.63) is 53.4 Å². The summed E-state index contributed by atoms with van der Waals surface area (Å²) >= 11 is 0. The van der Waals surface area contributed by atoms with E-state index in [1.807, 2.05) is 38.1 Å². The first-order valence-corrected chi connectivity index (χ1v) is 10.1. The smallest absolute Gasteiger partial charge is 0.268 e. The summed E-state index contributed by atoms with van der Waals surface area (Å²) in [6, 6.07) is 3.38. The van der Waals surface area contributed by atoms with Crippen LogP contribution in [-0.2, 0) is 15.0 Å². The van der Waals surface area contributed by atoms with Crippen LogP contribution in [0.1, 0.15) is 51.4 Å². The number of H-pyrrole nitrogens is 1. The van der Waals surface area contributed by atoms with E-state index in [2.05, 4.69) is 42.1 Å². The Morgan fingerprint density at radius 3 is 2.67 bits per heavy atom. The maximum absolute atomic E-state index is 12.5. The number of amides is 2. The molecule has 0 radical (unpaired) electrons. The minimum atomic E-state index is -0.556. The fraction of sp³-hybridized carbons (Fsp3) is 0.333. The lowest BCUT2D eigenvalue weighted by Gasteiger charge is -2.28. The average molecular weight is 405 g/mol. The van der Waals surface area contributed by atoms with E-state index < -0.39 is 6.04 Å². The van der Waals surface area contributed by atoms with Crippen molar-refractivity contribution in [2.75, 3.05) is 0 Å². The third kappa shape index (κ3) is 3.22. The minimum absolute atomic E-state index is 0.228. The maximum atomic E-state index is 12.5. The minimum Gasteiger partial charge on any atom is -0.483 e. The Hall–Kier alpha value is -3.28. The van der Waals surface area contributed by atoms with E-state index in [1.165, 1.54) is 0 Å². The SMILES string of the molecule is C=CC(C)(C)c1[nH]c2c3c(ccc2c1C=C1NC(=O)[C@H](C)NC1=O)OC(C)(C)C=C3. The topological polar surface area (TPSA) is 83.2 Å². The van der Waals surface area contributed by atoms with Crippen LogP contribution in [0.2, 0.25) is 0 Å². The summed E-state index contributed by atoms with van der Waals surface area (Å²) in [4.78, 5) is 28.2. The van der Waals surface area contributed by atoms with E-state index >= 15 is 0 Å². The normalized spacial score (nSPS) is 21.8. The molecule has 1 atom stereocenters. The number of carbonyl (C=O) groups excluding carboxylic acids is 2. The predicted molar refractivity (Wildman–Crippen MR) is 119 cm³/mol. The van der Waals surface area contributed by atoms with Gasteiger partial charge in [-0.3, -0.25) is 9.59 Å². The van der Waals surface area contributed by atoms with Gasteiger partial charge in [0.2, 0.25) is 5.91 Å². The zero-order valence-corrected chi connectivity index (χ0v) is 18.0. The Labute approximate surface area is 176 Å². The number of rotatable bonds is 3. The van der Waals surface area contributed by atoms with Crippen LogP contribution in [0, 0.1) is 0 Å². The molecule has 2 amide bonds. The molecular formula is C24H27N3O3. The molecule has 1 aromatic heterocycles. The molecule has 3 N–H and O–H groups in total. The molecule has 0 saturated carbocycles. The van der Waals surface area contributed by atoms with E-state index in [4.69, 9.17) is 4.74 Å². The number of hydrogen-bond acceptors (Lipinski definition) is 3.